The number of cyclic esters (lactones) is 1. The molecule has 3 saturated heterocycles. The highest BCUT2D eigenvalue weighted by atomic mass is 16.7. The van der Waals surface area contributed by atoms with Crippen LogP contribution in [-0.2, 0) is 33.3 Å². The third-order valence-corrected chi connectivity index (χ3v) is 17.4. The van der Waals surface area contributed by atoms with Crippen LogP contribution < -0.4 is 0 Å². The van der Waals surface area contributed by atoms with Gasteiger partial charge in [0.05, 0.1) is 37.6 Å². The van der Waals surface area contributed by atoms with E-state index >= 15 is 0 Å². The number of aliphatic hydroxyl groups is 1. The third kappa shape index (κ3) is 4.60. The molecule has 6 saturated carbocycles. The van der Waals surface area contributed by atoms with Crippen LogP contribution in [0.4, 0.5) is 0 Å². The smallest absolute Gasteiger partial charge is 0.332 e. The van der Waals surface area contributed by atoms with E-state index in [4.69, 9.17) is 23.7 Å². The average molecular weight is 698 g/mol. The van der Waals surface area contributed by atoms with Gasteiger partial charge in [-0.1, -0.05) is 34.6 Å². The van der Waals surface area contributed by atoms with E-state index in [9.17, 15) is 14.7 Å². The number of nitrogens with zero attached hydrogens (tertiary/aromatic N) is 1. The molecule has 9 heteroatoms. The van der Waals surface area contributed by atoms with Crippen molar-refractivity contribution in [2.45, 2.75) is 162 Å². The Morgan fingerprint density at radius 3 is 2.44 bits per heavy atom. The lowest BCUT2D eigenvalue weighted by Crippen LogP contribution is -2.60. The number of rotatable bonds is 5. The number of hydrogen-bond acceptors (Lipinski definition) is 8. The summed E-state index contributed by atoms with van der Waals surface area (Å²) in [5, 5.41) is 12.6. The van der Waals surface area contributed by atoms with Crippen molar-refractivity contribution in [3.05, 3.63) is 0 Å². The van der Waals surface area contributed by atoms with Crippen molar-refractivity contribution in [1.82, 2.24) is 4.90 Å². The number of aliphatic hydroxyl groups excluding tert-OH is 1. The summed E-state index contributed by atoms with van der Waals surface area (Å²) >= 11 is 0. The summed E-state index contributed by atoms with van der Waals surface area (Å²) in [7, 11) is 0. The predicted molar refractivity (Wildman–Crippen MR) is 185 cm³/mol. The van der Waals surface area contributed by atoms with Crippen molar-refractivity contribution in [1.29, 1.82) is 0 Å². The lowest BCUT2D eigenvalue weighted by Gasteiger charge is -2.64. The highest BCUT2D eigenvalue weighted by Gasteiger charge is 2.84. The van der Waals surface area contributed by atoms with Crippen LogP contribution >= 0.6 is 0 Å². The predicted octanol–water partition coefficient (Wildman–Crippen LogP) is 5.89. The molecule has 0 aromatic heterocycles. The number of amides is 1. The van der Waals surface area contributed by atoms with E-state index in [2.05, 4.69) is 34.6 Å². The van der Waals surface area contributed by atoms with Crippen LogP contribution in [0.25, 0.3) is 0 Å². The molecule has 6 aliphatic carbocycles. The number of carbonyl (C=O) groups is 2. The van der Waals surface area contributed by atoms with E-state index in [1.54, 1.807) is 0 Å². The Bertz CT molecular complexity index is 1410. The molecule has 9 fully saturated rings. The number of esters is 1. The Morgan fingerprint density at radius 1 is 0.960 bits per heavy atom. The maximum atomic E-state index is 12.9. The first-order valence-corrected chi connectivity index (χ1v) is 20.3. The van der Waals surface area contributed by atoms with Crippen LogP contribution in [0, 0.1) is 56.7 Å². The van der Waals surface area contributed by atoms with Gasteiger partial charge in [-0.15, -0.1) is 0 Å². The summed E-state index contributed by atoms with van der Waals surface area (Å²) in [6.45, 7) is 17.8. The molecule has 3 aliphatic heterocycles. The summed E-state index contributed by atoms with van der Waals surface area (Å²) < 4.78 is 31.9. The zero-order valence-electron chi connectivity index (χ0n) is 31.7. The van der Waals surface area contributed by atoms with Crippen molar-refractivity contribution in [2.75, 3.05) is 26.3 Å². The maximum absolute atomic E-state index is 12.9. The second-order valence-electron chi connectivity index (χ2n) is 20.3. The van der Waals surface area contributed by atoms with Gasteiger partial charge in [-0.25, -0.2) is 4.79 Å². The largest absolute Gasteiger partial charge is 0.455 e. The molecule has 0 aromatic carbocycles. The SMILES string of the molecule is C[C@@H]1C[C@H](C2OCC(=O)OC2(C)C)O[C@H]2[C@H]1[C@@]1(C)CC[C@@]34C[C@@]35CC[C@H](O[C@H]3CN(C(=O)CC6CC6)CCO3)C(C)(C)[C@@H]5CC[C@H]4[C@]1(C)[C@H]2O. The van der Waals surface area contributed by atoms with Crippen LogP contribution in [-0.4, -0.2) is 90.6 Å². The molecule has 9 nitrogen and oxygen atoms in total. The minimum atomic E-state index is -0.773. The topological polar surface area (TPSA) is 104 Å². The van der Waals surface area contributed by atoms with E-state index in [1.165, 1.54) is 38.5 Å². The molecule has 3 heterocycles. The molecule has 1 unspecified atom stereocenters. The van der Waals surface area contributed by atoms with E-state index in [0.717, 1.165) is 25.7 Å². The molecule has 0 aromatic rings. The normalized spacial score (nSPS) is 53.2. The van der Waals surface area contributed by atoms with Gasteiger partial charge in [-0.05, 0) is 129 Å². The number of ether oxygens (including phenoxy) is 5. The van der Waals surface area contributed by atoms with Crippen LogP contribution in [0.5, 0.6) is 0 Å². The summed E-state index contributed by atoms with van der Waals surface area (Å²) in [5.41, 5.74) is -0.459. The molecule has 280 valence electrons. The molecule has 2 spiro atoms. The van der Waals surface area contributed by atoms with Gasteiger partial charge in [0.25, 0.3) is 0 Å². The second kappa shape index (κ2) is 11.1. The minimum Gasteiger partial charge on any atom is -0.455 e. The Morgan fingerprint density at radius 2 is 1.70 bits per heavy atom. The van der Waals surface area contributed by atoms with Crippen molar-refractivity contribution in [3.8, 4) is 0 Å². The number of carbonyl (C=O) groups excluding carboxylic acids is 2. The Hall–Kier alpha value is -1.26. The van der Waals surface area contributed by atoms with Gasteiger partial charge in [0.2, 0.25) is 5.91 Å². The lowest BCUT2D eigenvalue weighted by molar-refractivity contribution is -0.248. The Balaban J connectivity index is 0.931. The van der Waals surface area contributed by atoms with Crippen molar-refractivity contribution >= 4 is 11.9 Å². The second-order valence-corrected chi connectivity index (χ2v) is 20.3. The molecule has 9 rings (SSSR count). The fraction of sp³-hybridized carbons (Fsp3) is 0.951. The highest BCUT2D eigenvalue weighted by molar-refractivity contribution is 5.76. The molecule has 50 heavy (non-hydrogen) atoms. The first kappa shape index (κ1) is 34.5. The summed E-state index contributed by atoms with van der Waals surface area (Å²) in [6, 6.07) is 0. The summed E-state index contributed by atoms with van der Waals surface area (Å²) in [6.07, 6.45) is 10.5. The fourth-order valence-electron chi connectivity index (χ4n) is 14.9. The van der Waals surface area contributed by atoms with Gasteiger partial charge in [-0.3, -0.25) is 4.79 Å². The molecule has 9 aliphatic rings. The number of morpholine rings is 1. The zero-order chi connectivity index (χ0) is 35.2. The van der Waals surface area contributed by atoms with Gasteiger partial charge in [0.15, 0.2) is 6.29 Å². The van der Waals surface area contributed by atoms with E-state index in [1.807, 2.05) is 18.7 Å². The van der Waals surface area contributed by atoms with E-state index in [0.29, 0.717) is 55.2 Å². The van der Waals surface area contributed by atoms with E-state index in [-0.39, 0.29) is 76.8 Å². The Labute approximate surface area is 299 Å². The van der Waals surface area contributed by atoms with Crippen LogP contribution in [0.3, 0.4) is 0 Å². The quantitative estimate of drug-likeness (QED) is 0.355. The maximum Gasteiger partial charge on any atom is 0.332 e. The Kier molecular flexibility index (Phi) is 7.69. The van der Waals surface area contributed by atoms with Crippen LogP contribution in [0.1, 0.15) is 119 Å². The van der Waals surface area contributed by atoms with Crippen molar-refractivity contribution < 1.29 is 38.4 Å². The monoisotopic (exact) mass is 697 g/mol. The van der Waals surface area contributed by atoms with Crippen molar-refractivity contribution in [3.63, 3.8) is 0 Å². The van der Waals surface area contributed by atoms with Gasteiger partial charge in [0, 0.05) is 18.4 Å². The van der Waals surface area contributed by atoms with Gasteiger partial charge in [-0.2, -0.15) is 0 Å². The van der Waals surface area contributed by atoms with Crippen LogP contribution in [0.2, 0.25) is 0 Å². The number of hydrogen-bond donors (Lipinski definition) is 1. The average Bonchev–Trinajstić information content (AvgIpc) is 3.97. The van der Waals surface area contributed by atoms with Gasteiger partial charge < -0.3 is 33.7 Å². The van der Waals surface area contributed by atoms with Gasteiger partial charge >= 0.3 is 5.97 Å². The summed E-state index contributed by atoms with van der Waals surface area (Å²) in [5.74, 6) is 2.21. The van der Waals surface area contributed by atoms with Crippen molar-refractivity contribution in [2.24, 2.45) is 56.7 Å². The van der Waals surface area contributed by atoms with Gasteiger partial charge in [0.1, 0.15) is 18.3 Å². The fourth-order valence-corrected chi connectivity index (χ4v) is 14.9. The first-order valence-electron chi connectivity index (χ1n) is 20.3. The lowest BCUT2D eigenvalue weighted by atomic mass is 9.41. The molecular weight excluding hydrogens is 634 g/mol. The highest BCUT2D eigenvalue weighted by Crippen LogP contribution is 2.89. The standard InChI is InChI=1S/C41H63NO8/c1-23-18-25(35-37(4,5)50-30(44)21-47-35)48-33-32(23)38(6)14-15-41-22-40(41)13-12-28(36(2,3)26(40)10-11-27(41)39(38,7)34(33)45)49-31-20-42(16-17-46-31)29(43)19-24-8-9-24/h23-28,31-35,45H,8-22H2,1-7H3/t23-,25-,26+,27+,28+,31+,32+,33+,34+,35?,38-,39-,40-,41+/m1/s1. The molecule has 1 N–H and O–H groups in total. The third-order valence-electron chi connectivity index (χ3n) is 17.4. The molecule has 0 radical (unpaired) electrons. The summed E-state index contributed by atoms with van der Waals surface area (Å²) in [4.78, 5) is 27.0. The number of fused-ring (bicyclic) bond motifs is 4. The molecular formula is C41H63NO8. The molecule has 14 atom stereocenters. The first-order chi connectivity index (χ1) is 23.6. The van der Waals surface area contributed by atoms with E-state index < -0.39 is 11.7 Å². The zero-order valence-corrected chi connectivity index (χ0v) is 31.7. The molecule has 0 bridgehead atoms. The molecule has 1 amide bonds. The van der Waals surface area contributed by atoms with Crippen LogP contribution in [0.15, 0.2) is 0 Å². The minimum absolute atomic E-state index is 0.00140.